The number of alkyl halides is 1. The van der Waals surface area contributed by atoms with Crippen molar-refractivity contribution in [3.05, 3.63) is 0 Å². The van der Waals surface area contributed by atoms with E-state index in [1.807, 2.05) is 6.92 Å². The van der Waals surface area contributed by atoms with Gasteiger partial charge in [-0.3, -0.25) is 4.21 Å². The second kappa shape index (κ2) is 1.46. The van der Waals surface area contributed by atoms with Crippen molar-refractivity contribution in [1.82, 2.24) is 0 Å². The van der Waals surface area contributed by atoms with E-state index in [1.54, 1.807) is 0 Å². The van der Waals surface area contributed by atoms with Crippen LogP contribution in [0.2, 0.25) is 0 Å². The van der Waals surface area contributed by atoms with Crippen molar-refractivity contribution in [2.75, 3.05) is 11.5 Å². The lowest BCUT2D eigenvalue weighted by Gasteiger charge is -2.29. The summed E-state index contributed by atoms with van der Waals surface area (Å²) < 4.78 is 10.3. The topological polar surface area (TPSA) is 17.1 Å². The third kappa shape index (κ3) is 1.16. The molecule has 0 aromatic carbocycles. The molecule has 1 fully saturated rings. The number of hydrogen-bond acceptors (Lipinski definition) is 1. The Bertz CT molecular complexity index is 100. The van der Waals surface area contributed by atoms with Gasteiger partial charge in [-0.1, -0.05) is 0 Å². The zero-order valence-electron chi connectivity index (χ0n) is 4.11. The van der Waals surface area contributed by atoms with Gasteiger partial charge in [-0.25, -0.2) is 0 Å². The molecule has 0 radical (unpaired) electrons. The molecule has 0 spiro atoms. The molecule has 0 N–H and O–H groups in total. The third-order valence-electron chi connectivity index (χ3n) is 0.924. The Balaban J connectivity index is 2.43. The number of hydrogen-bond donors (Lipinski definition) is 0. The number of rotatable bonds is 0. The predicted molar refractivity (Wildman–Crippen MR) is 32.1 cm³/mol. The van der Waals surface area contributed by atoms with Crippen molar-refractivity contribution in [2.24, 2.45) is 0 Å². The molecule has 0 unspecified atom stereocenters. The predicted octanol–water partition coefficient (Wildman–Crippen LogP) is 0.746. The van der Waals surface area contributed by atoms with Gasteiger partial charge in [0.1, 0.15) is 0 Å². The van der Waals surface area contributed by atoms with Crippen molar-refractivity contribution in [1.29, 1.82) is 0 Å². The minimum atomic E-state index is -0.593. The Morgan fingerprint density at radius 3 is 2.14 bits per heavy atom. The van der Waals surface area contributed by atoms with Crippen LogP contribution in [-0.4, -0.2) is 20.6 Å². The van der Waals surface area contributed by atoms with E-state index in [0.29, 0.717) is 11.5 Å². The van der Waals surface area contributed by atoms with Crippen LogP contribution in [0.1, 0.15) is 6.92 Å². The highest BCUT2D eigenvalue weighted by molar-refractivity contribution is 7.87. The van der Waals surface area contributed by atoms with Crippen LogP contribution in [0.25, 0.3) is 0 Å². The van der Waals surface area contributed by atoms with Gasteiger partial charge in [-0.05, 0) is 6.92 Å². The van der Waals surface area contributed by atoms with Crippen LogP contribution in [-0.2, 0) is 10.8 Å². The average molecular weight is 139 g/mol. The minimum Gasteiger partial charge on any atom is -0.259 e. The molecule has 1 aliphatic rings. The van der Waals surface area contributed by atoms with Gasteiger partial charge in [0, 0.05) is 22.3 Å². The van der Waals surface area contributed by atoms with Crippen LogP contribution in [0, 0.1) is 0 Å². The van der Waals surface area contributed by atoms with Gasteiger partial charge in [-0.15, -0.1) is 11.6 Å². The average Bonchev–Trinajstić information content (AvgIpc) is 1.27. The molecule has 1 nitrogen and oxygen atoms in total. The summed E-state index contributed by atoms with van der Waals surface area (Å²) in [5.41, 5.74) is 0. The Hall–Kier alpha value is 0.440. The van der Waals surface area contributed by atoms with E-state index in [-0.39, 0.29) is 4.87 Å². The maximum atomic E-state index is 10.3. The van der Waals surface area contributed by atoms with E-state index in [1.165, 1.54) is 0 Å². The van der Waals surface area contributed by atoms with Gasteiger partial charge >= 0.3 is 0 Å². The Morgan fingerprint density at radius 2 is 2.14 bits per heavy atom. The summed E-state index contributed by atoms with van der Waals surface area (Å²) in [4.78, 5) is -0.134. The fourth-order valence-corrected chi connectivity index (χ4v) is 2.62. The van der Waals surface area contributed by atoms with Crippen LogP contribution in [0.4, 0.5) is 0 Å². The maximum Gasteiger partial charge on any atom is 0.0648 e. The SMILES string of the molecule is CC1(Cl)CS(=O)C1. The second-order valence-corrected chi connectivity index (χ2v) is 4.51. The van der Waals surface area contributed by atoms with Gasteiger partial charge in [0.05, 0.1) is 4.87 Å². The molecule has 1 heterocycles. The summed E-state index contributed by atoms with van der Waals surface area (Å²) in [5, 5.41) is 0. The normalized spacial score (nSPS) is 50.9. The van der Waals surface area contributed by atoms with Crippen molar-refractivity contribution < 1.29 is 4.21 Å². The summed E-state index contributed by atoms with van der Waals surface area (Å²) in [6, 6.07) is 0. The van der Waals surface area contributed by atoms with Gasteiger partial charge in [-0.2, -0.15) is 0 Å². The third-order valence-corrected chi connectivity index (χ3v) is 3.43. The monoisotopic (exact) mass is 138 g/mol. The highest BCUT2D eigenvalue weighted by Gasteiger charge is 2.35. The molecule has 1 saturated heterocycles. The molecule has 3 heteroatoms. The van der Waals surface area contributed by atoms with Crippen LogP contribution in [0.3, 0.4) is 0 Å². The molecule has 1 rings (SSSR count). The van der Waals surface area contributed by atoms with E-state index in [4.69, 9.17) is 11.6 Å². The molecule has 1 aliphatic heterocycles. The van der Waals surface area contributed by atoms with Crippen LogP contribution in [0.5, 0.6) is 0 Å². The lowest BCUT2D eigenvalue weighted by molar-refractivity contribution is 0.641. The largest absolute Gasteiger partial charge is 0.259 e. The standard InChI is InChI=1S/C4H7ClOS/c1-4(5)2-7(6)3-4/h2-3H2,1H3. The fourth-order valence-electron chi connectivity index (χ4n) is 0.629. The lowest BCUT2D eigenvalue weighted by Crippen LogP contribution is -2.43. The van der Waals surface area contributed by atoms with Crippen molar-refractivity contribution in [3.63, 3.8) is 0 Å². The minimum absolute atomic E-state index is 0.134. The summed E-state index contributed by atoms with van der Waals surface area (Å²) >= 11 is 5.71. The van der Waals surface area contributed by atoms with Gasteiger partial charge in [0.2, 0.25) is 0 Å². The first kappa shape index (κ1) is 5.57. The highest BCUT2D eigenvalue weighted by Crippen LogP contribution is 2.26. The first-order valence-electron chi connectivity index (χ1n) is 2.14. The Morgan fingerprint density at radius 1 is 1.71 bits per heavy atom. The molecular formula is C4H7ClOS. The summed E-state index contributed by atoms with van der Waals surface area (Å²) in [7, 11) is -0.593. The van der Waals surface area contributed by atoms with Gasteiger partial charge < -0.3 is 0 Å². The molecule has 7 heavy (non-hydrogen) atoms. The fraction of sp³-hybridized carbons (Fsp3) is 1.00. The van der Waals surface area contributed by atoms with E-state index in [0.717, 1.165) is 0 Å². The summed E-state index contributed by atoms with van der Waals surface area (Å²) in [6.45, 7) is 1.91. The second-order valence-electron chi connectivity index (χ2n) is 2.14. The molecule has 0 aromatic rings. The maximum absolute atomic E-state index is 10.3. The van der Waals surface area contributed by atoms with Gasteiger partial charge in [0.15, 0.2) is 0 Å². The molecule has 0 saturated carbocycles. The quantitative estimate of drug-likeness (QED) is 0.452. The van der Waals surface area contributed by atoms with E-state index < -0.39 is 10.8 Å². The molecular weight excluding hydrogens is 132 g/mol. The molecule has 0 aliphatic carbocycles. The van der Waals surface area contributed by atoms with Crippen molar-refractivity contribution >= 4 is 22.4 Å². The van der Waals surface area contributed by atoms with Crippen LogP contribution < -0.4 is 0 Å². The molecule has 0 atom stereocenters. The zero-order chi connectivity index (χ0) is 5.49. The zero-order valence-corrected chi connectivity index (χ0v) is 5.68. The van der Waals surface area contributed by atoms with Crippen LogP contribution in [0.15, 0.2) is 0 Å². The van der Waals surface area contributed by atoms with E-state index in [2.05, 4.69) is 0 Å². The lowest BCUT2D eigenvalue weighted by atomic mass is 10.2. The van der Waals surface area contributed by atoms with Gasteiger partial charge in [0.25, 0.3) is 0 Å². The van der Waals surface area contributed by atoms with Crippen molar-refractivity contribution in [3.8, 4) is 0 Å². The highest BCUT2D eigenvalue weighted by atomic mass is 35.5. The first-order valence-corrected chi connectivity index (χ1v) is 4.01. The smallest absolute Gasteiger partial charge is 0.0648 e. The van der Waals surface area contributed by atoms with Crippen molar-refractivity contribution in [2.45, 2.75) is 11.8 Å². The Labute approximate surface area is 50.5 Å². The molecule has 0 bridgehead atoms. The molecule has 0 aromatic heterocycles. The van der Waals surface area contributed by atoms with Crippen LogP contribution >= 0.6 is 11.6 Å². The molecule has 42 valence electrons. The first-order chi connectivity index (χ1) is 3.10. The summed E-state index contributed by atoms with van der Waals surface area (Å²) in [5.74, 6) is 1.35. The van der Waals surface area contributed by atoms with E-state index in [9.17, 15) is 4.21 Å². The van der Waals surface area contributed by atoms with E-state index >= 15 is 0 Å². The molecule has 0 amide bonds. The Kier molecular flexibility index (Phi) is 1.16. The summed E-state index contributed by atoms with van der Waals surface area (Å²) in [6.07, 6.45) is 0. The number of halogens is 1.